The van der Waals surface area contributed by atoms with Crippen molar-refractivity contribution in [3.63, 3.8) is 0 Å². The summed E-state index contributed by atoms with van der Waals surface area (Å²) >= 11 is 0. The molecule has 0 aliphatic carbocycles. The number of carbonyl (C=O) groups excluding carboxylic acids is 1. The van der Waals surface area contributed by atoms with Gasteiger partial charge in [0, 0.05) is 30.2 Å². The van der Waals surface area contributed by atoms with Crippen LogP contribution >= 0.6 is 0 Å². The van der Waals surface area contributed by atoms with E-state index in [-0.39, 0.29) is 29.4 Å². The van der Waals surface area contributed by atoms with E-state index in [1.165, 1.54) is 12.1 Å². The molecule has 0 spiro atoms. The predicted molar refractivity (Wildman–Crippen MR) is 95.5 cm³/mol. The Hall–Kier alpha value is -2.96. The van der Waals surface area contributed by atoms with E-state index >= 15 is 0 Å². The molecule has 0 radical (unpaired) electrons. The number of likely N-dealkylation sites (tertiary alicyclic amines) is 1. The van der Waals surface area contributed by atoms with Crippen molar-refractivity contribution in [3.8, 4) is 11.3 Å². The van der Waals surface area contributed by atoms with Crippen molar-refractivity contribution in [2.75, 3.05) is 6.54 Å². The average Bonchev–Trinajstić information content (AvgIpc) is 3.40. The second-order valence-corrected chi connectivity index (χ2v) is 7.05. The number of hydrogen-bond acceptors (Lipinski definition) is 5. The number of halogens is 1. The van der Waals surface area contributed by atoms with E-state index in [9.17, 15) is 9.18 Å². The van der Waals surface area contributed by atoms with Gasteiger partial charge in [-0.2, -0.15) is 0 Å². The zero-order chi connectivity index (χ0) is 19.0. The molecule has 1 saturated heterocycles. The maximum atomic E-state index is 13.1. The Balaban J connectivity index is 1.55. The highest BCUT2D eigenvalue weighted by atomic mass is 19.1. The van der Waals surface area contributed by atoms with Gasteiger partial charge < -0.3 is 13.9 Å². The van der Waals surface area contributed by atoms with Crippen LogP contribution < -0.4 is 0 Å². The smallest absolute Gasteiger partial charge is 0.276 e. The van der Waals surface area contributed by atoms with Crippen molar-refractivity contribution in [2.24, 2.45) is 0 Å². The van der Waals surface area contributed by atoms with Crippen molar-refractivity contribution in [1.29, 1.82) is 0 Å². The Morgan fingerprint density at radius 1 is 1.19 bits per heavy atom. The van der Waals surface area contributed by atoms with Crippen molar-refractivity contribution in [1.82, 2.24) is 15.2 Å². The van der Waals surface area contributed by atoms with Crippen molar-refractivity contribution in [3.05, 3.63) is 59.4 Å². The third kappa shape index (κ3) is 3.37. The highest BCUT2D eigenvalue weighted by Crippen LogP contribution is 2.34. The molecular formula is C20H20FN3O3. The summed E-state index contributed by atoms with van der Waals surface area (Å²) in [6.07, 6.45) is 1.72. The summed E-state index contributed by atoms with van der Waals surface area (Å²) in [7, 11) is 0. The first-order valence-electron chi connectivity index (χ1n) is 9.03. The summed E-state index contributed by atoms with van der Waals surface area (Å²) in [5.41, 5.74) is 1.67. The molecule has 0 N–H and O–H groups in total. The van der Waals surface area contributed by atoms with Gasteiger partial charge in [-0.05, 0) is 37.1 Å². The van der Waals surface area contributed by atoms with Crippen molar-refractivity contribution in [2.45, 2.75) is 38.6 Å². The average molecular weight is 369 g/mol. The van der Waals surface area contributed by atoms with Crippen LogP contribution in [0.5, 0.6) is 0 Å². The molecule has 1 aliphatic heterocycles. The second kappa shape index (κ2) is 6.98. The Morgan fingerprint density at radius 2 is 1.96 bits per heavy atom. The van der Waals surface area contributed by atoms with Gasteiger partial charge in [0.15, 0.2) is 11.5 Å². The molecular weight excluding hydrogens is 349 g/mol. The Labute approximate surface area is 155 Å². The van der Waals surface area contributed by atoms with Crippen LogP contribution in [0.2, 0.25) is 0 Å². The zero-order valence-electron chi connectivity index (χ0n) is 15.2. The molecule has 27 heavy (non-hydrogen) atoms. The molecule has 1 atom stereocenters. The van der Waals surface area contributed by atoms with Crippen LogP contribution in [0.25, 0.3) is 11.3 Å². The molecule has 7 heteroatoms. The quantitative estimate of drug-likeness (QED) is 0.674. The molecule has 0 saturated carbocycles. The number of benzene rings is 1. The first-order chi connectivity index (χ1) is 13.0. The summed E-state index contributed by atoms with van der Waals surface area (Å²) in [6.45, 7) is 4.70. The van der Waals surface area contributed by atoms with Crippen LogP contribution in [0.3, 0.4) is 0 Å². The lowest BCUT2D eigenvalue weighted by Gasteiger charge is -2.21. The normalized spacial score (nSPS) is 17.0. The molecule has 1 aliphatic rings. The molecule has 1 amide bonds. The number of aromatic nitrogens is 2. The molecule has 2 aromatic heterocycles. The van der Waals surface area contributed by atoms with Crippen LogP contribution in [0.1, 0.15) is 60.6 Å². The lowest BCUT2D eigenvalue weighted by molar-refractivity contribution is 0.0720. The van der Waals surface area contributed by atoms with Gasteiger partial charge in [0.2, 0.25) is 0 Å². The summed E-state index contributed by atoms with van der Waals surface area (Å²) in [5.74, 6) is 0.944. The van der Waals surface area contributed by atoms with Gasteiger partial charge in [0.1, 0.15) is 17.3 Å². The third-order valence-corrected chi connectivity index (χ3v) is 4.83. The Bertz CT molecular complexity index is 946. The third-order valence-electron chi connectivity index (χ3n) is 4.83. The van der Waals surface area contributed by atoms with E-state index in [4.69, 9.17) is 9.05 Å². The summed E-state index contributed by atoms with van der Waals surface area (Å²) < 4.78 is 23.8. The summed E-state index contributed by atoms with van der Waals surface area (Å²) in [5, 5.41) is 8.08. The van der Waals surface area contributed by atoms with E-state index in [2.05, 4.69) is 10.3 Å². The first kappa shape index (κ1) is 17.5. The molecule has 0 unspecified atom stereocenters. The molecule has 3 heterocycles. The minimum Gasteiger partial charge on any atom is -0.361 e. The number of nitrogens with zero attached hydrogens (tertiary/aromatic N) is 3. The molecule has 1 aromatic carbocycles. The molecule has 3 aromatic rings. The highest BCUT2D eigenvalue weighted by Gasteiger charge is 2.34. The lowest BCUT2D eigenvalue weighted by Crippen LogP contribution is -2.30. The SMILES string of the molecule is CC(C)c1cc([C@H]2CCCN2C(=O)c2cc(-c3ccc(F)cc3)on2)no1. The van der Waals surface area contributed by atoms with Crippen LogP contribution in [-0.4, -0.2) is 27.7 Å². The van der Waals surface area contributed by atoms with Crippen LogP contribution in [0.15, 0.2) is 45.4 Å². The molecule has 0 bridgehead atoms. The largest absolute Gasteiger partial charge is 0.361 e. The standard InChI is InChI=1S/C20H20FN3O3/c1-12(2)18-10-15(22-26-18)17-4-3-9-24(17)20(25)16-11-19(27-23-16)13-5-7-14(21)8-6-13/h5-8,10-12,17H,3-4,9H2,1-2H3/t17-/m1/s1. The Morgan fingerprint density at radius 3 is 2.67 bits per heavy atom. The van der Waals surface area contributed by atoms with Crippen LogP contribution in [0, 0.1) is 5.82 Å². The monoisotopic (exact) mass is 369 g/mol. The van der Waals surface area contributed by atoms with Crippen LogP contribution in [-0.2, 0) is 0 Å². The number of carbonyl (C=O) groups is 1. The number of amides is 1. The van der Waals surface area contributed by atoms with E-state index in [0.29, 0.717) is 17.9 Å². The molecule has 1 fully saturated rings. The zero-order valence-corrected chi connectivity index (χ0v) is 15.2. The van der Waals surface area contributed by atoms with E-state index < -0.39 is 0 Å². The first-order valence-corrected chi connectivity index (χ1v) is 9.03. The van der Waals surface area contributed by atoms with Gasteiger partial charge in [-0.1, -0.05) is 24.2 Å². The van der Waals surface area contributed by atoms with Gasteiger partial charge in [-0.3, -0.25) is 4.79 Å². The lowest BCUT2D eigenvalue weighted by atomic mass is 10.1. The van der Waals surface area contributed by atoms with Crippen molar-refractivity contribution < 1.29 is 18.2 Å². The summed E-state index contributed by atoms with van der Waals surface area (Å²) in [6, 6.07) is 9.25. The van der Waals surface area contributed by atoms with Gasteiger partial charge >= 0.3 is 0 Å². The van der Waals surface area contributed by atoms with Crippen molar-refractivity contribution >= 4 is 5.91 Å². The van der Waals surface area contributed by atoms with E-state index in [1.54, 1.807) is 23.1 Å². The van der Waals surface area contributed by atoms with E-state index in [1.807, 2.05) is 19.9 Å². The van der Waals surface area contributed by atoms with Gasteiger partial charge in [0.25, 0.3) is 5.91 Å². The molecule has 4 rings (SSSR count). The topological polar surface area (TPSA) is 72.4 Å². The fourth-order valence-corrected chi connectivity index (χ4v) is 3.32. The van der Waals surface area contributed by atoms with Gasteiger partial charge in [-0.25, -0.2) is 4.39 Å². The number of rotatable bonds is 4. The molecule has 6 nitrogen and oxygen atoms in total. The predicted octanol–water partition coefficient (Wildman–Crippen LogP) is 4.57. The summed E-state index contributed by atoms with van der Waals surface area (Å²) in [4.78, 5) is 14.7. The second-order valence-electron chi connectivity index (χ2n) is 7.05. The van der Waals surface area contributed by atoms with Crippen LogP contribution in [0.4, 0.5) is 4.39 Å². The minimum atomic E-state index is -0.331. The fraction of sp³-hybridized carbons (Fsp3) is 0.350. The minimum absolute atomic E-state index is 0.125. The molecule has 140 valence electrons. The van der Waals surface area contributed by atoms with Gasteiger partial charge in [0.05, 0.1) is 6.04 Å². The van der Waals surface area contributed by atoms with E-state index in [0.717, 1.165) is 24.3 Å². The maximum absolute atomic E-state index is 13.1. The Kier molecular flexibility index (Phi) is 4.51. The maximum Gasteiger partial charge on any atom is 0.276 e. The highest BCUT2D eigenvalue weighted by molar-refractivity contribution is 5.93. The van der Waals surface area contributed by atoms with Gasteiger partial charge in [-0.15, -0.1) is 0 Å². The number of hydrogen-bond donors (Lipinski definition) is 0. The fourth-order valence-electron chi connectivity index (χ4n) is 3.32.